The van der Waals surface area contributed by atoms with Gasteiger partial charge in [-0.25, -0.2) is 4.98 Å². The molecule has 1 N–H and O–H groups in total. The summed E-state index contributed by atoms with van der Waals surface area (Å²) in [4.78, 5) is 11.3. The van der Waals surface area contributed by atoms with Gasteiger partial charge in [0.25, 0.3) is 0 Å². The number of nitrogens with one attached hydrogen (secondary N) is 1. The Hall–Kier alpha value is -2.31. The summed E-state index contributed by atoms with van der Waals surface area (Å²) in [5, 5.41) is 2.95. The first-order chi connectivity index (χ1) is 12.4. The minimum atomic E-state index is -4.38. The van der Waals surface area contributed by atoms with Crippen molar-refractivity contribution in [2.24, 2.45) is 0 Å². The topological polar surface area (TPSA) is 41.1 Å². The molecule has 26 heavy (non-hydrogen) atoms. The molecule has 2 heterocycles. The van der Waals surface area contributed by atoms with Crippen molar-refractivity contribution >= 4 is 17.5 Å². The van der Waals surface area contributed by atoms with Crippen LogP contribution in [0, 0.1) is 0 Å². The first-order valence-electron chi connectivity index (χ1n) is 8.95. The van der Waals surface area contributed by atoms with E-state index in [-0.39, 0.29) is 0 Å². The van der Waals surface area contributed by atoms with Crippen LogP contribution >= 0.6 is 0 Å². The van der Waals surface area contributed by atoms with Crippen LogP contribution in [0.25, 0.3) is 0 Å². The third-order valence-electron chi connectivity index (χ3n) is 4.57. The highest BCUT2D eigenvalue weighted by molar-refractivity contribution is 5.57. The summed E-state index contributed by atoms with van der Waals surface area (Å²) in [6.07, 6.45) is -0.406. The van der Waals surface area contributed by atoms with Crippen molar-refractivity contribution in [3.63, 3.8) is 0 Å². The van der Waals surface area contributed by atoms with Crippen molar-refractivity contribution in [3.8, 4) is 0 Å². The molecule has 1 atom stereocenters. The monoisotopic (exact) mass is 364 g/mol. The lowest BCUT2D eigenvalue weighted by atomic mass is 10.2. The molecule has 0 saturated carbocycles. The molecule has 1 fully saturated rings. The largest absolute Gasteiger partial charge is 0.416 e. The SMILES string of the molecule is CCCc1cc(N2CCC[C@H]2C)nc(Nc2cccc(C(F)(F)F)c2)n1. The van der Waals surface area contributed by atoms with Crippen LogP contribution in [0.1, 0.15) is 44.4 Å². The molecule has 1 saturated heterocycles. The molecule has 0 spiro atoms. The maximum absolute atomic E-state index is 12.9. The second-order valence-corrected chi connectivity index (χ2v) is 6.68. The molecule has 140 valence electrons. The Morgan fingerprint density at radius 2 is 2.04 bits per heavy atom. The molecular formula is C19H23F3N4. The van der Waals surface area contributed by atoms with E-state index in [4.69, 9.17) is 0 Å². The second-order valence-electron chi connectivity index (χ2n) is 6.68. The van der Waals surface area contributed by atoms with Crippen molar-refractivity contribution in [1.82, 2.24) is 9.97 Å². The molecule has 0 aliphatic carbocycles. The van der Waals surface area contributed by atoms with E-state index in [1.807, 2.05) is 6.07 Å². The molecule has 0 unspecified atom stereocenters. The lowest BCUT2D eigenvalue weighted by Gasteiger charge is -2.23. The van der Waals surface area contributed by atoms with E-state index in [1.165, 1.54) is 6.07 Å². The van der Waals surface area contributed by atoms with E-state index in [9.17, 15) is 13.2 Å². The molecule has 1 aromatic heterocycles. The molecule has 7 heteroatoms. The summed E-state index contributed by atoms with van der Waals surface area (Å²) >= 11 is 0. The number of rotatable bonds is 5. The maximum Gasteiger partial charge on any atom is 0.416 e. The Kier molecular flexibility index (Phi) is 5.34. The Morgan fingerprint density at radius 1 is 1.23 bits per heavy atom. The number of aromatic nitrogens is 2. The third-order valence-corrected chi connectivity index (χ3v) is 4.57. The maximum atomic E-state index is 12.9. The fourth-order valence-electron chi connectivity index (χ4n) is 3.25. The van der Waals surface area contributed by atoms with Crippen molar-refractivity contribution in [3.05, 3.63) is 41.6 Å². The van der Waals surface area contributed by atoms with Gasteiger partial charge in [0.15, 0.2) is 0 Å². The molecule has 2 aromatic rings. The number of benzene rings is 1. The second kappa shape index (κ2) is 7.51. The zero-order valence-corrected chi connectivity index (χ0v) is 15.0. The lowest BCUT2D eigenvalue weighted by Crippen LogP contribution is -2.27. The molecule has 1 aliphatic rings. The first-order valence-corrected chi connectivity index (χ1v) is 8.95. The van der Waals surface area contributed by atoms with Gasteiger partial charge >= 0.3 is 6.18 Å². The van der Waals surface area contributed by atoms with E-state index in [0.717, 1.165) is 55.9 Å². The predicted octanol–water partition coefficient (Wildman–Crippen LogP) is 5.18. The van der Waals surface area contributed by atoms with Crippen molar-refractivity contribution < 1.29 is 13.2 Å². The number of halogens is 3. The Balaban J connectivity index is 1.90. The lowest BCUT2D eigenvalue weighted by molar-refractivity contribution is -0.137. The number of aryl methyl sites for hydroxylation is 1. The van der Waals surface area contributed by atoms with Crippen LogP contribution in [0.5, 0.6) is 0 Å². The normalized spacial score (nSPS) is 17.6. The summed E-state index contributed by atoms with van der Waals surface area (Å²) in [6.45, 7) is 5.17. The van der Waals surface area contributed by atoms with Crippen LogP contribution < -0.4 is 10.2 Å². The minimum Gasteiger partial charge on any atom is -0.354 e. The molecule has 4 nitrogen and oxygen atoms in total. The minimum absolute atomic E-state index is 0.328. The molecule has 0 radical (unpaired) electrons. The van der Waals surface area contributed by atoms with Crippen molar-refractivity contribution in [1.29, 1.82) is 0 Å². The Labute approximate surface area is 151 Å². The van der Waals surface area contributed by atoms with Crippen LogP contribution in [-0.2, 0) is 12.6 Å². The summed E-state index contributed by atoms with van der Waals surface area (Å²) in [6, 6.07) is 7.49. The molecule has 1 aromatic carbocycles. The predicted molar refractivity (Wildman–Crippen MR) is 96.8 cm³/mol. The van der Waals surface area contributed by atoms with Crippen LogP contribution in [0.3, 0.4) is 0 Å². The van der Waals surface area contributed by atoms with Crippen molar-refractivity contribution in [2.45, 2.75) is 51.7 Å². The van der Waals surface area contributed by atoms with E-state index in [0.29, 0.717) is 17.7 Å². The van der Waals surface area contributed by atoms with Crippen LogP contribution in [0.4, 0.5) is 30.6 Å². The number of anilines is 3. The summed E-state index contributed by atoms with van der Waals surface area (Å²) in [7, 11) is 0. The molecule has 0 amide bonds. The molecule has 0 bridgehead atoms. The number of hydrogen-bond donors (Lipinski definition) is 1. The van der Waals surface area contributed by atoms with Gasteiger partial charge < -0.3 is 10.2 Å². The fraction of sp³-hybridized carbons (Fsp3) is 0.474. The fourth-order valence-corrected chi connectivity index (χ4v) is 3.25. The smallest absolute Gasteiger partial charge is 0.354 e. The van der Waals surface area contributed by atoms with Gasteiger partial charge in [-0.15, -0.1) is 0 Å². The third kappa shape index (κ3) is 4.26. The van der Waals surface area contributed by atoms with Crippen LogP contribution in [0.2, 0.25) is 0 Å². The summed E-state index contributed by atoms with van der Waals surface area (Å²) < 4.78 is 38.8. The van der Waals surface area contributed by atoms with Gasteiger partial charge in [-0.3, -0.25) is 0 Å². The number of nitrogens with zero attached hydrogens (tertiary/aromatic N) is 3. The molecule has 1 aliphatic heterocycles. The average Bonchev–Trinajstić information content (AvgIpc) is 3.00. The zero-order valence-electron chi connectivity index (χ0n) is 15.0. The van der Waals surface area contributed by atoms with E-state index in [1.54, 1.807) is 6.07 Å². The van der Waals surface area contributed by atoms with Gasteiger partial charge in [0.05, 0.1) is 5.56 Å². The van der Waals surface area contributed by atoms with Crippen molar-refractivity contribution in [2.75, 3.05) is 16.8 Å². The van der Waals surface area contributed by atoms with Gasteiger partial charge in [0.2, 0.25) is 5.95 Å². The molecular weight excluding hydrogens is 341 g/mol. The number of hydrogen-bond acceptors (Lipinski definition) is 4. The highest BCUT2D eigenvalue weighted by atomic mass is 19.4. The Morgan fingerprint density at radius 3 is 2.69 bits per heavy atom. The van der Waals surface area contributed by atoms with Gasteiger partial charge in [0.1, 0.15) is 5.82 Å². The van der Waals surface area contributed by atoms with Gasteiger partial charge in [0, 0.05) is 30.0 Å². The van der Waals surface area contributed by atoms with Crippen LogP contribution in [-0.4, -0.2) is 22.6 Å². The van der Waals surface area contributed by atoms with E-state index >= 15 is 0 Å². The summed E-state index contributed by atoms with van der Waals surface area (Å²) in [5.74, 6) is 1.17. The standard InChI is InChI=1S/C19H23F3N4/c1-3-6-15-12-17(26-10-5-7-13(26)2)25-18(23-15)24-16-9-4-8-14(11-16)19(20,21)22/h4,8-9,11-13H,3,5-7,10H2,1-2H3,(H,23,24,25)/t13-/m1/s1. The van der Waals surface area contributed by atoms with Gasteiger partial charge in [-0.1, -0.05) is 19.4 Å². The average molecular weight is 364 g/mol. The van der Waals surface area contributed by atoms with E-state index in [2.05, 4.69) is 34.0 Å². The number of alkyl halides is 3. The zero-order chi connectivity index (χ0) is 18.7. The first kappa shape index (κ1) is 18.5. The highest BCUT2D eigenvalue weighted by Crippen LogP contribution is 2.31. The summed E-state index contributed by atoms with van der Waals surface area (Å²) in [5.41, 5.74) is 0.528. The highest BCUT2D eigenvalue weighted by Gasteiger charge is 2.30. The molecule has 3 rings (SSSR count). The van der Waals surface area contributed by atoms with Crippen LogP contribution in [0.15, 0.2) is 30.3 Å². The van der Waals surface area contributed by atoms with Gasteiger partial charge in [-0.05, 0) is 44.4 Å². The van der Waals surface area contributed by atoms with Gasteiger partial charge in [-0.2, -0.15) is 18.2 Å². The van der Waals surface area contributed by atoms with E-state index < -0.39 is 11.7 Å². The quantitative estimate of drug-likeness (QED) is 0.794. The Bertz CT molecular complexity index is 761.